The fraction of sp³-hybridized carbons (Fsp3) is 0.130. The van der Waals surface area contributed by atoms with Gasteiger partial charge in [-0.3, -0.25) is 4.79 Å². The lowest BCUT2D eigenvalue weighted by atomic mass is 10.2. The molecule has 0 radical (unpaired) electrons. The number of amides is 1. The number of carbonyl (C=O) groups excluding carboxylic acids is 1. The summed E-state index contributed by atoms with van der Waals surface area (Å²) >= 11 is 0. The van der Waals surface area contributed by atoms with Crippen LogP contribution in [0.1, 0.15) is 16.2 Å². The summed E-state index contributed by atoms with van der Waals surface area (Å²) in [4.78, 5) is 19.3. The number of nitrogens with one attached hydrogen (secondary N) is 1. The number of para-hydroxylation sites is 2. The molecule has 1 N–H and O–H groups in total. The molecule has 0 unspecified atom stereocenters. The molecule has 1 amide bonds. The Kier molecular flexibility index (Phi) is 4.24. The monoisotopic (exact) mass is 386 g/mol. The molecule has 0 fully saturated rings. The van der Waals surface area contributed by atoms with Crippen molar-refractivity contribution < 1.29 is 9.18 Å². The van der Waals surface area contributed by atoms with E-state index in [1.807, 2.05) is 42.5 Å². The van der Waals surface area contributed by atoms with Crippen LogP contribution in [0.15, 0.2) is 72.8 Å². The van der Waals surface area contributed by atoms with Gasteiger partial charge in [-0.05, 0) is 60.7 Å². The molecule has 1 aromatic heterocycles. The highest BCUT2D eigenvalue weighted by Crippen LogP contribution is 2.26. The van der Waals surface area contributed by atoms with Crippen molar-refractivity contribution in [1.29, 1.82) is 0 Å². The van der Waals surface area contributed by atoms with Crippen molar-refractivity contribution >= 4 is 28.3 Å². The van der Waals surface area contributed by atoms with Crippen LogP contribution in [0.2, 0.25) is 0 Å². The van der Waals surface area contributed by atoms with Gasteiger partial charge in [0.25, 0.3) is 5.91 Å². The summed E-state index contributed by atoms with van der Waals surface area (Å²) in [5, 5.41) is 2.84. The highest BCUT2D eigenvalue weighted by molar-refractivity contribution is 6.04. The van der Waals surface area contributed by atoms with E-state index in [2.05, 4.69) is 20.9 Å². The van der Waals surface area contributed by atoms with Crippen molar-refractivity contribution in [2.24, 2.45) is 0 Å². The van der Waals surface area contributed by atoms with Crippen molar-refractivity contribution in [3.8, 4) is 0 Å². The number of rotatable bonds is 3. The first-order valence-electron chi connectivity index (χ1n) is 9.53. The first kappa shape index (κ1) is 17.4. The molecule has 3 aromatic carbocycles. The van der Waals surface area contributed by atoms with E-state index in [0.717, 1.165) is 36.7 Å². The number of halogens is 1. The van der Waals surface area contributed by atoms with Crippen LogP contribution in [-0.2, 0) is 13.1 Å². The van der Waals surface area contributed by atoms with Crippen LogP contribution in [0.25, 0.3) is 11.0 Å². The second-order valence-corrected chi connectivity index (χ2v) is 7.10. The van der Waals surface area contributed by atoms with E-state index in [1.54, 1.807) is 0 Å². The predicted octanol–water partition coefficient (Wildman–Crippen LogP) is 4.45. The molecule has 29 heavy (non-hydrogen) atoms. The molecule has 5 nitrogen and oxygen atoms in total. The maximum absolute atomic E-state index is 13.0. The molecule has 0 spiro atoms. The van der Waals surface area contributed by atoms with Gasteiger partial charge in [0.2, 0.25) is 0 Å². The molecule has 0 aliphatic carbocycles. The lowest BCUT2D eigenvalue weighted by Crippen LogP contribution is -2.33. The summed E-state index contributed by atoms with van der Waals surface area (Å²) in [6, 6.07) is 21.5. The zero-order valence-corrected chi connectivity index (χ0v) is 15.7. The summed E-state index contributed by atoms with van der Waals surface area (Å²) < 4.78 is 15.3. The van der Waals surface area contributed by atoms with E-state index >= 15 is 0 Å². The zero-order chi connectivity index (χ0) is 19.8. The Labute approximate surface area is 167 Å². The Balaban J connectivity index is 1.30. The number of hydrogen-bond acceptors (Lipinski definition) is 3. The molecular weight excluding hydrogens is 367 g/mol. The number of hydrogen-bond donors (Lipinski definition) is 1. The van der Waals surface area contributed by atoms with Crippen molar-refractivity contribution in [2.75, 3.05) is 16.8 Å². The first-order valence-corrected chi connectivity index (χ1v) is 9.53. The van der Waals surface area contributed by atoms with Gasteiger partial charge in [0, 0.05) is 30.0 Å². The largest absolute Gasteiger partial charge is 0.362 e. The van der Waals surface area contributed by atoms with Crippen LogP contribution in [0.3, 0.4) is 0 Å². The SMILES string of the molecule is O=C(Nc1ccc(N2CCn3c(nc4ccccc43)C2)cc1)c1ccc(F)cc1. The van der Waals surface area contributed by atoms with E-state index < -0.39 is 0 Å². The Bertz CT molecular complexity index is 1180. The molecule has 0 bridgehead atoms. The third-order valence-electron chi connectivity index (χ3n) is 5.26. The van der Waals surface area contributed by atoms with Crippen molar-refractivity contribution in [3.05, 3.63) is 90.0 Å². The molecule has 1 aliphatic rings. The number of imidazole rings is 1. The van der Waals surface area contributed by atoms with E-state index in [4.69, 9.17) is 4.98 Å². The van der Waals surface area contributed by atoms with Crippen molar-refractivity contribution in [2.45, 2.75) is 13.1 Å². The second kappa shape index (κ2) is 7.05. The molecular formula is C23H19FN4O. The van der Waals surface area contributed by atoms with Crippen LogP contribution < -0.4 is 10.2 Å². The minimum absolute atomic E-state index is 0.260. The van der Waals surface area contributed by atoms with Gasteiger partial charge in [-0.2, -0.15) is 0 Å². The number of nitrogens with zero attached hydrogens (tertiary/aromatic N) is 3. The van der Waals surface area contributed by atoms with Gasteiger partial charge < -0.3 is 14.8 Å². The Hall–Kier alpha value is -3.67. The molecule has 2 heterocycles. The lowest BCUT2D eigenvalue weighted by Gasteiger charge is -2.30. The lowest BCUT2D eigenvalue weighted by molar-refractivity contribution is 0.102. The maximum Gasteiger partial charge on any atom is 0.255 e. The average molecular weight is 386 g/mol. The molecule has 0 atom stereocenters. The summed E-state index contributed by atoms with van der Waals surface area (Å²) in [6.45, 7) is 2.53. The predicted molar refractivity (Wildman–Crippen MR) is 112 cm³/mol. The average Bonchev–Trinajstić information content (AvgIpc) is 3.12. The van der Waals surface area contributed by atoms with Crippen molar-refractivity contribution in [3.63, 3.8) is 0 Å². The van der Waals surface area contributed by atoms with E-state index in [-0.39, 0.29) is 11.7 Å². The zero-order valence-electron chi connectivity index (χ0n) is 15.7. The highest BCUT2D eigenvalue weighted by atomic mass is 19.1. The van der Waals surface area contributed by atoms with Crippen LogP contribution in [0.5, 0.6) is 0 Å². The molecule has 6 heteroatoms. The molecule has 0 saturated heterocycles. The number of benzene rings is 3. The summed E-state index contributed by atoms with van der Waals surface area (Å²) in [5.74, 6) is 0.441. The van der Waals surface area contributed by atoms with Crippen LogP contribution in [0, 0.1) is 5.82 Å². The number of anilines is 2. The quantitative estimate of drug-likeness (QED) is 0.566. The Morgan fingerprint density at radius 1 is 0.931 bits per heavy atom. The van der Waals surface area contributed by atoms with E-state index in [9.17, 15) is 9.18 Å². The summed E-state index contributed by atoms with van der Waals surface area (Å²) in [5.41, 5.74) is 4.42. The van der Waals surface area contributed by atoms with Gasteiger partial charge in [0.15, 0.2) is 0 Å². The van der Waals surface area contributed by atoms with Crippen molar-refractivity contribution in [1.82, 2.24) is 9.55 Å². The molecule has 5 rings (SSSR count). The van der Waals surface area contributed by atoms with Gasteiger partial charge in [0.1, 0.15) is 11.6 Å². The minimum atomic E-state index is -0.360. The number of fused-ring (bicyclic) bond motifs is 3. The van der Waals surface area contributed by atoms with E-state index in [1.165, 1.54) is 29.8 Å². The maximum atomic E-state index is 13.0. The third-order valence-corrected chi connectivity index (χ3v) is 5.26. The summed E-state index contributed by atoms with van der Waals surface area (Å²) in [6.07, 6.45) is 0. The molecule has 4 aromatic rings. The van der Waals surface area contributed by atoms with Crippen LogP contribution >= 0.6 is 0 Å². The first-order chi connectivity index (χ1) is 14.2. The fourth-order valence-electron chi connectivity index (χ4n) is 3.75. The van der Waals surface area contributed by atoms with Gasteiger partial charge in [0.05, 0.1) is 17.6 Å². The van der Waals surface area contributed by atoms with Crippen LogP contribution in [-0.4, -0.2) is 22.0 Å². The normalized spacial score (nSPS) is 13.3. The molecule has 1 aliphatic heterocycles. The molecule has 0 saturated carbocycles. The summed E-state index contributed by atoms with van der Waals surface area (Å²) in [7, 11) is 0. The van der Waals surface area contributed by atoms with Gasteiger partial charge in [-0.15, -0.1) is 0 Å². The van der Waals surface area contributed by atoms with Crippen LogP contribution in [0.4, 0.5) is 15.8 Å². The van der Waals surface area contributed by atoms with Gasteiger partial charge in [-0.1, -0.05) is 12.1 Å². The smallest absolute Gasteiger partial charge is 0.255 e. The van der Waals surface area contributed by atoms with Gasteiger partial charge in [-0.25, -0.2) is 9.37 Å². The second-order valence-electron chi connectivity index (χ2n) is 7.10. The Morgan fingerprint density at radius 3 is 2.48 bits per heavy atom. The highest BCUT2D eigenvalue weighted by Gasteiger charge is 2.20. The topological polar surface area (TPSA) is 50.2 Å². The Morgan fingerprint density at radius 2 is 1.69 bits per heavy atom. The van der Waals surface area contributed by atoms with Gasteiger partial charge >= 0.3 is 0 Å². The minimum Gasteiger partial charge on any atom is -0.362 e. The fourth-order valence-corrected chi connectivity index (χ4v) is 3.75. The molecule has 144 valence electrons. The number of aromatic nitrogens is 2. The van der Waals surface area contributed by atoms with E-state index in [0.29, 0.717) is 11.3 Å². The standard InChI is InChI=1S/C23H19FN4O/c24-17-7-5-16(6-8-17)23(29)25-18-9-11-19(12-10-18)27-13-14-28-21-4-2-1-3-20(21)26-22(28)15-27/h1-12H,13-15H2,(H,25,29). The third kappa shape index (κ3) is 3.33. The number of carbonyl (C=O) groups is 1.